The number of ether oxygens (including phenoxy) is 1. The summed E-state index contributed by atoms with van der Waals surface area (Å²) >= 11 is 0. The van der Waals surface area contributed by atoms with Gasteiger partial charge < -0.3 is 15.0 Å². The van der Waals surface area contributed by atoms with Crippen LogP contribution in [0.2, 0.25) is 0 Å². The van der Waals surface area contributed by atoms with Crippen LogP contribution in [0.5, 0.6) is 0 Å². The van der Waals surface area contributed by atoms with Crippen LogP contribution in [0.1, 0.15) is 32.3 Å². The third-order valence-corrected chi connectivity index (χ3v) is 4.01. The van der Waals surface area contributed by atoms with Crippen LogP contribution in [0.15, 0.2) is 6.33 Å². The zero-order valence-corrected chi connectivity index (χ0v) is 13.0. The quantitative estimate of drug-likeness (QED) is 0.791. The number of rotatable bonds is 8. The normalized spacial score (nSPS) is 16.0. The maximum atomic E-state index is 5.26. The fraction of sp³-hybridized carbons (Fsp3) is 0.733. The highest BCUT2D eigenvalue weighted by Crippen LogP contribution is 2.37. The molecule has 2 rings (SSSR count). The molecule has 1 aliphatic carbocycles. The Hall–Kier alpha value is -1.36. The van der Waals surface area contributed by atoms with Crippen molar-refractivity contribution in [3.05, 3.63) is 11.9 Å². The smallest absolute Gasteiger partial charge is 0.137 e. The van der Waals surface area contributed by atoms with Gasteiger partial charge in [0.25, 0.3) is 0 Å². The molecule has 0 spiro atoms. The van der Waals surface area contributed by atoms with Crippen molar-refractivity contribution in [2.24, 2.45) is 5.92 Å². The zero-order valence-electron chi connectivity index (χ0n) is 13.0. The summed E-state index contributed by atoms with van der Waals surface area (Å²) < 4.78 is 5.26. The van der Waals surface area contributed by atoms with Gasteiger partial charge in [0.1, 0.15) is 18.0 Å². The summed E-state index contributed by atoms with van der Waals surface area (Å²) in [5.74, 6) is 2.76. The summed E-state index contributed by atoms with van der Waals surface area (Å²) in [5.41, 5.74) is 1.12. The van der Waals surface area contributed by atoms with E-state index in [1.165, 1.54) is 12.8 Å². The fourth-order valence-corrected chi connectivity index (χ4v) is 2.60. The molecule has 1 fully saturated rings. The minimum absolute atomic E-state index is 0.508. The van der Waals surface area contributed by atoms with E-state index in [-0.39, 0.29) is 0 Å². The minimum Gasteiger partial charge on any atom is -0.383 e. The van der Waals surface area contributed by atoms with Crippen molar-refractivity contribution < 1.29 is 4.74 Å². The number of nitrogens with zero attached hydrogens (tertiary/aromatic N) is 3. The number of methoxy groups -OCH3 is 1. The molecular weight excluding hydrogens is 252 g/mol. The highest BCUT2D eigenvalue weighted by Gasteiger charge is 2.33. The van der Waals surface area contributed by atoms with Gasteiger partial charge in [-0.2, -0.15) is 0 Å². The lowest BCUT2D eigenvalue weighted by Gasteiger charge is -2.31. The first-order valence-corrected chi connectivity index (χ1v) is 7.50. The summed E-state index contributed by atoms with van der Waals surface area (Å²) in [5, 5.41) is 3.30. The predicted octanol–water partition coefficient (Wildman–Crippen LogP) is 2.47. The predicted molar refractivity (Wildman–Crippen MR) is 82.3 cm³/mol. The summed E-state index contributed by atoms with van der Waals surface area (Å²) in [6.07, 6.45) is 4.31. The van der Waals surface area contributed by atoms with Crippen LogP contribution in [-0.4, -0.2) is 42.8 Å². The van der Waals surface area contributed by atoms with E-state index in [2.05, 4.69) is 41.0 Å². The van der Waals surface area contributed by atoms with Crippen LogP contribution < -0.4 is 10.2 Å². The van der Waals surface area contributed by atoms with E-state index in [4.69, 9.17) is 4.74 Å². The molecule has 0 radical (unpaired) electrons. The van der Waals surface area contributed by atoms with Gasteiger partial charge in [-0.3, -0.25) is 0 Å². The first-order valence-electron chi connectivity index (χ1n) is 7.50. The third kappa shape index (κ3) is 3.39. The van der Waals surface area contributed by atoms with E-state index >= 15 is 0 Å². The number of nitrogens with one attached hydrogen (secondary N) is 1. The van der Waals surface area contributed by atoms with Crippen molar-refractivity contribution in [3.8, 4) is 0 Å². The van der Waals surface area contributed by atoms with E-state index in [9.17, 15) is 0 Å². The third-order valence-electron chi connectivity index (χ3n) is 4.01. The van der Waals surface area contributed by atoms with Gasteiger partial charge in [0.15, 0.2) is 0 Å². The fourth-order valence-electron chi connectivity index (χ4n) is 2.60. The van der Waals surface area contributed by atoms with Crippen molar-refractivity contribution >= 4 is 11.6 Å². The van der Waals surface area contributed by atoms with Crippen molar-refractivity contribution in [2.45, 2.75) is 39.7 Å². The minimum atomic E-state index is 0.508. The Balaban J connectivity index is 2.24. The molecule has 1 aromatic rings. The molecule has 5 heteroatoms. The SMILES string of the molecule is CCNc1ncnc(N(CCOC)C(C)C2CC2)c1C. The molecule has 1 saturated carbocycles. The lowest BCUT2D eigenvalue weighted by atomic mass is 10.1. The largest absolute Gasteiger partial charge is 0.383 e. The number of hydrogen-bond acceptors (Lipinski definition) is 5. The monoisotopic (exact) mass is 278 g/mol. The Kier molecular flexibility index (Phi) is 5.17. The second-order valence-electron chi connectivity index (χ2n) is 5.47. The van der Waals surface area contributed by atoms with Gasteiger partial charge in [-0.15, -0.1) is 0 Å². The van der Waals surface area contributed by atoms with E-state index in [1.54, 1.807) is 13.4 Å². The van der Waals surface area contributed by atoms with Crippen LogP contribution in [0.3, 0.4) is 0 Å². The molecule has 1 N–H and O–H groups in total. The molecule has 1 aromatic heterocycles. The topological polar surface area (TPSA) is 50.3 Å². The molecule has 0 saturated heterocycles. The van der Waals surface area contributed by atoms with E-state index in [1.807, 2.05) is 0 Å². The van der Waals surface area contributed by atoms with E-state index < -0.39 is 0 Å². The van der Waals surface area contributed by atoms with Crippen molar-refractivity contribution in [1.82, 2.24) is 9.97 Å². The first kappa shape index (κ1) is 15.0. The Labute approximate surface area is 121 Å². The molecule has 112 valence electrons. The lowest BCUT2D eigenvalue weighted by Crippen LogP contribution is -2.38. The molecule has 0 bridgehead atoms. The Bertz CT molecular complexity index is 434. The number of hydrogen-bond donors (Lipinski definition) is 1. The van der Waals surface area contributed by atoms with Gasteiger partial charge in [-0.05, 0) is 39.5 Å². The van der Waals surface area contributed by atoms with Gasteiger partial charge in [0, 0.05) is 31.8 Å². The van der Waals surface area contributed by atoms with Crippen molar-refractivity contribution in [3.63, 3.8) is 0 Å². The first-order chi connectivity index (χ1) is 9.69. The Morgan fingerprint density at radius 3 is 2.80 bits per heavy atom. The molecule has 5 nitrogen and oxygen atoms in total. The molecule has 1 heterocycles. The molecule has 20 heavy (non-hydrogen) atoms. The maximum absolute atomic E-state index is 5.26. The molecule has 1 atom stereocenters. The van der Waals surface area contributed by atoms with Crippen molar-refractivity contribution in [2.75, 3.05) is 37.0 Å². The van der Waals surface area contributed by atoms with Crippen LogP contribution in [0.25, 0.3) is 0 Å². The van der Waals surface area contributed by atoms with Crippen LogP contribution in [0.4, 0.5) is 11.6 Å². The summed E-state index contributed by atoms with van der Waals surface area (Å²) in [7, 11) is 1.75. The van der Waals surface area contributed by atoms with Gasteiger partial charge in [0.2, 0.25) is 0 Å². The maximum Gasteiger partial charge on any atom is 0.137 e. The number of aromatic nitrogens is 2. The average Bonchev–Trinajstić information content (AvgIpc) is 3.27. The lowest BCUT2D eigenvalue weighted by molar-refractivity contribution is 0.202. The standard InChI is InChI=1S/C15H26N4O/c1-5-16-14-11(2)15(18-10-17-14)19(8-9-20-4)12(3)13-6-7-13/h10,12-13H,5-9H2,1-4H3,(H,16,17,18). The highest BCUT2D eigenvalue weighted by molar-refractivity contribution is 5.58. The summed E-state index contributed by atoms with van der Waals surface area (Å²) in [6.45, 7) is 8.92. The second kappa shape index (κ2) is 6.88. The molecule has 0 aromatic carbocycles. The van der Waals surface area contributed by atoms with Crippen LogP contribution in [-0.2, 0) is 4.74 Å². The summed E-state index contributed by atoms with van der Waals surface area (Å²) in [4.78, 5) is 11.2. The highest BCUT2D eigenvalue weighted by atomic mass is 16.5. The molecule has 1 unspecified atom stereocenters. The second-order valence-corrected chi connectivity index (χ2v) is 5.47. The van der Waals surface area contributed by atoms with Gasteiger partial charge in [-0.1, -0.05) is 0 Å². The van der Waals surface area contributed by atoms with Crippen LogP contribution in [0, 0.1) is 12.8 Å². The van der Waals surface area contributed by atoms with Crippen molar-refractivity contribution in [1.29, 1.82) is 0 Å². The van der Waals surface area contributed by atoms with E-state index in [0.717, 1.165) is 42.8 Å². The number of anilines is 2. The Morgan fingerprint density at radius 2 is 2.20 bits per heavy atom. The molecule has 0 amide bonds. The van der Waals surface area contributed by atoms with Crippen LogP contribution >= 0.6 is 0 Å². The molecule has 0 aliphatic heterocycles. The zero-order chi connectivity index (χ0) is 14.5. The van der Waals surface area contributed by atoms with Gasteiger partial charge >= 0.3 is 0 Å². The molecular formula is C15H26N4O. The van der Waals surface area contributed by atoms with Gasteiger partial charge in [-0.25, -0.2) is 9.97 Å². The summed E-state index contributed by atoms with van der Waals surface area (Å²) in [6, 6.07) is 0.508. The van der Waals surface area contributed by atoms with E-state index in [0.29, 0.717) is 6.04 Å². The Morgan fingerprint density at radius 1 is 1.45 bits per heavy atom. The molecule has 1 aliphatic rings. The van der Waals surface area contributed by atoms with Gasteiger partial charge in [0.05, 0.1) is 6.61 Å². The average molecular weight is 278 g/mol.